The topological polar surface area (TPSA) is 23.8 Å². The van der Waals surface area contributed by atoms with Crippen molar-refractivity contribution in [3.8, 4) is 4.97 Å². The Morgan fingerprint density at radius 2 is 2.25 bits per heavy atom. The predicted octanol–water partition coefficient (Wildman–Crippen LogP) is 0.482. The summed E-state index contributed by atoms with van der Waals surface area (Å²) in [6.45, 7) is 0. The molecule has 0 heterocycles. The van der Waals surface area contributed by atoms with E-state index in [1.165, 1.54) is 0 Å². The van der Waals surface area contributed by atoms with Crippen LogP contribution in [0.2, 0.25) is 0 Å². The van der Waals surface area contributed by atoms with E-state index in [2.05, 4.69) is 14.1 Å². The zero-order valence-electron chi connectivity index (χ0n) is 1.73. The Kier molecular flexibility index (Phi) is 3.92. The summed E-state index contributed by atoms with van der Waals surface area (Å²) in [4.78, 5) is 1.91. The molecule has 0 bridgehead atoms. The third-order valence-electron chi connectivity index (χ3n) is 0.0345. The Hall–Kier alpha value is 0.489. The second-order valence-corrected chi connectivity index (χ2v) is 2.56. The van der Waals surface area contributed by atoms with Crippen molar-refractivity contribution in [2.75, 3.05) is 0 Å². The monoisotopic (exact) mass is 185 g/mol. The molecule has 0 aromatic carbocycles. The number of halogens is 1. The summed E-state index contributed by atoms with van der Waals surface area (Å²) in [5, 5.41) is 7.61. The fourth-order valence-corrected chi connectivity index (χ4v) is 0. The molecule has 0 spiro atoms. The third-order valence-corrected chi connectivity index (χ3v) is 0.932. The van der Waals surface area contributed by atoms with Gasteiger partial charge in [-0.1, -0.05) is 0 Å². The van der Waals surface area contributed by atoms with Crippen LogP contribution < -0.4 is 0 Å². The summed E-state index contributed by atoms with van der Waals surface area (Å²) in [5.74, 6) is 0. The minimum absolute atomic E-state index is 0.0347. The van der Waals surface area contributed by atoms with E-state index in [9.17, 15) is 0 Å². The van der Waals surface area contributed by atoms with E-state index >= 15 is 0 Å². The Morgan fingerprint density at radius 3 is 2.25 bits per heavy atom. The maximum absolute atomic E-state index is 7.61. The molecule has 0 aromatic rings. The first-order chi connectivity index (χ1) is 1.91. The van der Waals surface area contributed by atoms with E-state index < -0.39 is 0 Å². The first kappa shape index (κ1) is 4.49. The third kappa shape index (κ3) is 2.49. The van der Waals surface area contributed by atoms with Gasteiger partial charge in [-0.3, -0.25) is 0 Å². The summed E-state index contributed by atoms with van der Waals surface area (Å²) in [7, 11) is 0. The molecule has 0 unspecified atom stereocenters. The first-order valence-corrected chi connectivity index (χ1v) is 5.45. The van der Waals surface area contributed by atoms with Crippen molar-refractivity contribution in [3.05, 3.63) is 0 Å². The number of nitriles is 1. The van der Waals surface area contributed by atoms with Gasteiger partial charge in [0.1, 0.15) is 0 Å². The van der Waals surface area contributed by atoms with E-state index in [4.69, 9.17) is 5.26 Å². The van der Waals surface area contributed by atoms with Crippen molar-refractivity contribution < 1.29 is 0 Å². The van der Waals surface area contributed by atoms with Crippen molar-refractivity contribution in [2.24, 2.45) is 0 Å². The van der Waals surface area contributed by atoms with E-state index in [-0.39, 0.29) is 13.1 Å². The van der Waals surface area contributed by atoms with Crippen LogP contribution in [0.3, 0.4) is 0 Å². The number of hydrogen-bond acceptors (Lipinski definition) is 1. The van der Waals surface area contributed by atoms with Gasteiger partial charge in [-0.2, -0.15) is 0 Å². The van der Waals surface area contributed by atoms with E-state index in [1.807, 2.05) is 4.97 Å². The molecule has 4 heavy (non-hydrogen) atoms. The van der Waals surface area contributed by atoms with Gasteiger partial charge in [-0.25, -0.2) is 0 Å². The molecule has 0 atom stereocenters. The van der Waals surface area contributed by atoms with Gasteiger partial charge in [0.15, 0.2) is 0 Å². The van der Waals surface area contributed by atoms with E-state index in [0.717, 1.165) is 0 Å². The Labute approximate surface area is 37.8 Å². The van der Waals surface area contributed by atoms with Crippen molar-refractivity contribution in [2.45, 2.75) is 0 Å². The summed E-state index contributed by atoms with van der Waals surface area (Å²) < 4.78 is 0. The van der Waals surface area contributed by atoms with Crippen LogP contribution in [0, 0.1) is 10.2 Å². The summed E-state index contributed by atoms with van der Waals surface area (Å²) in [6, 6.07) is 0. The molecule has 1 nitrogen and oxygen atoms in total. The number of nitrogens with zero attached hydrogens (tertiary/aromatic N) is 1. The fraction of sp³-hybridized carbons (Fsp3) is 0. The van der Waals surface area contributed by atoms with Crippen LogP contribution in [0.15, 0.2) is 0 Å². The molecule has 0 aliphatic carbocycles. The van der Waals surface area contributed by atoms with Crippen molar-refractivity contribution in [3.63, 3.8) is 0 Å². The summed E-state index contributed by atoms with van der Waals surface area (Å²) in [6.07, 6.45) is 0. The molecular formula is CBrNSe. The molecule has 0 amide bonds. The quantitative estimate of drug-likeness (QED) is 0.503. The van der Waals surface area contributed by atoms with Gasteiger partial charge in [0.25, 0.3) is 0 Å². The minimum atomic E-state index is 0.0347. The summed E-state index contributed by atoms with van der Waals surface area (Å²) in [5.41, 5.74) is 0. The number of hydrogen-bond donors (Lipinski definition) is 0. The Morgan fingerprint density at radius 1 is 2.00 bits per heavy atom. The van der Waals surface area contributed by atoms with Crippen molar-refractivity contribution in [1.82, 2.24) is 0 Å². The van der Waals surface area contributed by atoms with Gasteiger partial charge in [0.2, 0.25) is 0 Å². The Bertz CT molecular complexity index is 37.8. The summed E-state index contributed by atoms with van der Waals surface area (Å²) >= 11 is 2.98. The second kappa shape index (κ2) is 3.49. The van der Waals surface area contributed by atoms with Gasteiger partial charge in [0, 0.05) is 0 Å². The fourth-order valence-electron chi connectivity index (χ4n) is 0. The molecule has 0 N–H and O–H groups in total. The molecule has 0 aromatic heterocycles. The normalized spacial score (nSPS) is 5.00. The van der Waals surface area contributed by atoms with Crippen LogP contribution in [0.4, 0.5) is 0 Å². The average Bonchev–Trinajstić information content (AvgIpc) is 1.37. The van der Waals surface area contributed by atoms with Gasteiger partial charge in [-0.05, 0) is 0 Å². The molecule has 0 radical (unpaired) electrons. The molecule has 22 valence electrons. The van der Waals surface area contributed by atoms with Gasteiger partial charge in [-0.15, -0.1) is 0 Å². The Balaban J connectivity index is 2.43. The average molecular weight is 185 g/mol. The molecule has 0 fully saturated rings. The van der Waals surface area contributed by atoms with Crippen LogP contribution in [-0.4, -0.2) is 13.1 Å². The van der Waals surface area contributed by atoms with E-state index in [1.54, 1.807) is 0 Å². The molecule has 0 saturated carbocycles. The standard InChI is InChI=1S/CBrNSe/c2-4-1-3. The number of rotatable bonds is 0. The maximum atomic E-state index is 7.61. The van der Waals surface area contributed by atoms with Gasteiger partial charge >= 0.3 is 37.5 Å². The molecule has 0 rings (SSSR count). The molecule has 0 saturated heterocycles. The second-order valence-electron chi connectivity index (χ2n) is 0.168. The van der Waals surface area contributed by atoms with Crippen molar-refractivity contribution >= 4 is 27.3 Å². The SMILES string of the molecule is N#C[Se]Br. The van der Waals surface area contributed by atoms with Crippen LogP contribution in [0.5, 0.6) is 0 Å². The van der Waals surface area contributed by atoms with Crippen LogP contribution >= 0.6 is 14.1 Å². The molecule has 3 heteroatoms. The molecule has 0 aliphatic rings. The van der Waals surface area contributed by atoms with Crippen molar-refractivity contribution in [1.29, 1.82) is 5.26 Å². The first-order valence-electron chi connectivity index (χ1n) is 0.582. The van der Waals surface area contributed by atoms with Gasteiger partial charge < -0.3 is 0 Å². The van der Waals surface area contributed by atoms with Gasteiger partial charge in [0.05, 0.1) is 0 Å². The predicted molar refractivity (Wildman–Crippen MR) is 20.3 cm³/mol. The zero-order valence-corrected chi connectivity index (χ0v) is 5.03. The van der Waals surface area contributed by atoms with Crippen LogP contribution in [0.25, 0.3) is 0 Å². The molecule has 0 aliphatic heterocycles. The van der Waals surface area contributed by atoms with E-state index in [0.29, 0.717) is 0 Å². The van der Waals surface area contributed by atoms with Crippen LogP contribution in [0.1, 0.15) is 0 Å². The zero-order chi connectivity index (χ0) is 3.41. The van der Waals surface area contributed by atoms with Crippen LogP contribution in [-0.2, 0) is 0 Å². The molecular weight excluding hydrogens is 185 g/mol.